The van der Waals surface area contributed by atoms with E-state index in [9.17, 15) is 26.7 Å². The molecule has 0 atom stereocenters. The van der Waals surface area contributed by atoms with Gasteiger partial charge in [0.25, 0.3) is 5.78 Å². The van der Waals surface area contributed by atoms with Crippen LogP contribution in [0.25, 0.3) is 0 Å². The fraction of sp³-hybridized carbons (Fsp3) is 0.125. The first-order chi connectivity index (χ1) is 7.16. The van der Waals surface area contributed by atoms with Crippen LogP contribution < -0.4 is 0 Å². The van der Waals surface area contributed by atoms with Crippen LogP contribution >= 0.6 is 27.5 Å². The molecule has 1 rings (SSSR count). The third-order valence-electron chi connectivity index (χ3n) is 1.60. The van der Waals surface area contributed by atoms with Crippen LogP contribution in [0.15, 0.2) is 10.5 Å². The Hall–Kier alpha value is -0.690. The molecule has 0 aliphatic carbocycles. The average Bonchev–Trinajstić information content (AvgIpc) is 2.18. The van der Waals surface area contributed by atoms with Crippen molar-refractivity contribution in [2.24, 2.45) is 0 Å². The molecule has 0 N–H and O–H groups in total. The zero-order valence-corrected chi connectivity index (χ0v) is 9.47. The summed E-state index contributed by atoms with van der Waals surface area (Å²) in [6.07, 6.45) is 0. The molecule has 0 heterocycles. The Labute approximate surface area is 99.3 Å². The monoisotopic (exact) mass is 322 g/mol. The van der Waals surface area contributed by atoms with Gasteiger partial charge in [-0.15, -0.1) is 0 Å². The van der Waals surface area contributed by atoms with Crippen LogP contribution in [0.2, 0.25) is 0 Å². The van der Waals surface area contributed by atoms with Crippen molar-refractivity contribution in [1.29, 1.82) is 0 Å². The summed E-state index contributed by atoms with van der Waals surface area (Å²) in [5.74, 6) is -7.80. The first kappa shape index (κ1) is 13.4. The molecule has 16 heavy (non-hydrogen) atoms. The van der Waals surface area contributed by atoms with Gasteiger partial charge in [0.2, 0.25) is 0 Å². The molecule has 0 saturated carbocycles. The average molecular weight is 323 g/mol. The highest BCUT2D eigenvalue weighted by Crippen LogP contribution is 2.30. The van der Waals surface area contributed by atoms with Crippen molar-refractivity contribution in [3.8, 4) is 0 Å². The van der Waals surface area contributed by atoms with Gasteiger partial charge in [-0.3, -0.25) is 4.79 Å². The van der Waals surface area contributed by atoms with Crippen LogP contribution in [-0.4, -0.2) is 11.2 Å². The lowest BCUT2D eigenvalue weighted by atomic mass is 10.1. The third-order valence-corrected chi connectivity index (χ3v) is 2.35. The van der Waals surface area contributed by atoms with Gasteiger partial charge in [0, 0.05) is 0 Å². The molecular formula is C8HBrClF5O. The molecule has 8 heteroatoms. The fourth-order valence-electron chi connectivity index (χ4n) is 0.891. The maximum Gasteiger partial charge on any atom is 0.385 e. The van der Waals surface area contributed by atoms with Crippen LogP contribution in [0.4, 0.5) is 22.0 Å². The van der Waals surface area contributed by atoms with Crippen molar-refractivity contribution in [3.63, 3.8) is 0 Å². The number of alkyl halides is 3. The molecule has 0 saturated heterocycles. The lowest BCUT2D eigenvalue weighted by Gasteiger charge is -2.09. The first-order valence-corrected chi connectivity index (χ1v) is 4.78. The van der Waals surface area contributed by atoms with Crippen molar-refractivity contribution in [1.82, 2.24) is 0 Å². The highest BCUT2D eigenvalue weighted by atomic mass is 79.9. The lowest BCUT2D eigenvalue weighted by Crippen LogP contribution is -2.23. The van der Waals surface area contributed by atoms with Crippen LogP contribution in [0, 0.1) is 17.5 Å². The van der Waals surface area contributed by atoms with Crippen molar-refractivity contribution in [3.05, 3.63) is 33.6 Å². The third kappa shape index (κ3) is 2.35. The summed E-state index contributed by atoms with van der Waals surface area (Å²) < 4.78 is 62.6. The Morgan fingerprint density at radius 3 is 2.12 bits per heavy atom. The molecule has 1 aromatic rings. The number of halogens is 7. The second kappa shape index (κ2) is 4.29. The summed E-state index contributed by atoms with van der Waals surface area (Å²) >= 11 is 6.80. The standard InChI is InChI=1S/C8HBrClF5O/c9-3-1-2(7(16)8(10,14)15)4(11)6(13)5(3)12/h1H. The van der Waals surface area contributed by atoms with Crippen molar-refractivity contribution < 1.29 is 26.7 Å². The number of hydrogen-bond donors (Lipinski definition) is 0. The maximum atomic E-state index is 13.0. The molecule has 0 amide bonds. The second-order valence-electron chi connectivity index (χ2n) is 2.67. The Kier molecular flexibility index (Phi) is 3.59. The smallest absolute Gasteiger partial charge is 0.286 e. The predicted molar refractivity (Wildman–Crippen MR) is 49.1 cm³/mol. The minimum Gasteiger partial charge on any atom is -0.286 e. The largest absolute Gasteiger partial charge is 0.385 e. The Balaban J connectivity index is 3.43. The molecule has 0 aromatic heterocycles. The number of Topliss-reactive ketones (excluding diaryl/α,β-unsaturated/α-hetero) is 1. The first-order valence-electron chi connectivity index (χ1n) is 3.60. The number of hydrogen-bond acceptors (Lipinski definition) is 1. The molecule has 0 aliphatic rings. The van der Waals surface area contributed by atoms with Crippen molar-refractivity contribution in [2.75, 3.05) is 0 Å². The van der Waals surface area contributed by atoms with E-state index in [0.717, 1.165) is 0 Å². The van der Waals surface area contributed by atoms with Crippen molar-refractivity contribution >= 4 is 33.3 Å². The summed E-state index contributed by atoms with van der Waals surface area (Å²) in [7, 11) is 0. The van der Waals surface area contributed by atoms with E-state index in [-0.39, 0.29) is 0 Å². The van der Waals surface area contributed by atoms with Gasteiger partial charge < -0.3 is 0 Å². The minimum atomic E-state index is -4.38. The van der Waals surface area contributed by atoms with Gasteiger partial charge in [-0.2, -0.15) is 8.78 Å². The van der Waals surface area contributed by atoms with Crippen molar-refractivity contribution in [2.45, 2.75) is 5.38 Å². The summed E-state index contributed by atoms with van der Waals surface area (Å²) in [6, 6.07) is 0.395. The van der Waals surface area contributed by atoms with Gasteiger partial charge >= 0.3 is 5.38 Å². The molecule has 0 aliphatic heterocycles. The zero-order chi connectivity index (χ0) is 12.7. The van der Waals surface area contributed by atoms with E-state index >= 15 is 0 Å². The summed E-state index contributed by atoms with van der Waals surface area (Å²) in [5, 5.41) is -4.38. The topological polar surface area (TPSA) is 17.1 Å². The van der Waals surface area contributed by atoms with Gasteiger partial charge in [0.15, 0.2) is 17.5 Å². The van der Waals surface area contributed by atoms with Gasteiger partial charge in [0.1, 0.15) is 0 Å². The SMILES string of the molecule is O=C(c1cc(Br)c(F)c(F)c1F)C(F)(F)Cl. The normalized spacial score (nSPS) is 11.7. The maximum absolute atomic E-state index is 13.0. The molecule has 1 aromatic carbocycles. The molecular weight excluding hydrogens is 322 g/mol. The minimum absolute atomic E-state index is 0.395. The van der Waals surface area contributed by atoms with Gasteiger partial charge in [-0.1, -0.05) is 0 Å². The Morgan fingerprint density at radius 2 is 1.69 bits per heavy atom. The van der Waals surface area contributed by atoms with Gasteiger partial charge in [0.05, 0.1) is 10.0 Å². The summed E-state index contributed by atoms with van der Waals surface area (Å²) in [6.45, 7) is 0. The van der Waals surface area contributed by atoms with E-state index < -0.39 is 38.7 Å². The molecule has 0 fully saturated rings. The molecule has 0 unspecified atom stereocenters. The summed E-state index contributed by atoms with van der Waals surface area (Å²) in [4.78, 5) is 10.9. The van der Waals surface area contributed by atoms with E-state index in [2.05, 4.69) is 27.5 Å². The zero-order valence-electron chi connectivity index (χ0n) is 7.13. The second-order valence-corrected chi connectivity index (χ2v) is 4.00. The number of carbonyl (C=O) groups excluding carboxylic acids is 1. The highest BCUT2D eigenvalue weighted by Gasteiger charge is 2.39. The Bertz CT molecular complexity index is 457. The van der Waals surface area contributed by atoms with E-state index in [1.165, 1.54) is 0 Å². The number of rotatable bonds is 2. The van der Waals surface area contributed by atoms with Gasteiger partial charge in [-0.05, 0) is 33.6 Å². The summed E-state index contributed by atoms with van der Waals surface area (Å²) in [5.41, 5.74) is -1.33. The van der Waals surface area contributed by atoms with E-state index in [1.54, 1.807) is 0 Å². The van der Waals surface area contributed by atoms with Crippen LogP contribution in [-0.2, 0) is 0 Å². The van der Waals surface area contributed by atoms with E-state index in [0.29, 0.717) is 6.07 Å². The van der Waals surface area contributed by atoms with Gasteiger partial charge in [-0.25, -0.2) is 13.2 Å². The lowest BCUT2D eigenvalue weighted by molar-refractivity contribution is 0.0530. The molecule has 88 valence electrons. The fourth-order valence-corrected chi connectivity index (χ4v) is 1.40. The van der Waals surface area contributed by atoms with E-state index in [4.69, 9.17) is 0 Å². The van der Waals surface area contributed by atoms with Crippen LogP contribution in [0.5, 0.6) is 0 Å². The number of carbonyl (C=O) groups is 1. The predicted octanol–water partition coefficient (Wildman–Crippen LogP) is 3.88. The quantitative estimate of drug-likeness (QED) is 0.265. The molecule has 0 bridgehead atoms. The molecule has 0 spiro atoms. The van der Waals surface area contributed by atoms with Crippen LogP contribution in [0.3, 0.4) is 0 Å². The molecule has 0 radical (unpaired) electrons. The van der Waals surface area contributed by atoms with Crippen LogP contribution in [0.1, 0.15) is 10.4 Å². The molecule has 1 nitrogen and oxygen atoms in total. The Morgan fingerprint density at radius 1 is 1.19 bits per heavy atom. The number of benzene rings is 1. The highest BCUT2D eigenvalue weighted by molar-refractivity contribution is 9.10. The number of ketones is 1. The van der Waals surface area contributed by atoms with E-state index in [1.807, 2.05) is 0 Å².